The molecule has 9 heavy (non-hydrogen) atoms. The Morgan fingerprint density at radius 2 is 2.33 bits per heavy atom. The monoisotopic (exact) mass is 130 g/mol. The van der Waals surface area contributed by atoms with Crippen molar-refractivity contribution in [2.24, 2.45) is 0 Å². The summed E-state index contributed by atoms with van der Waals surface area (Å²) in [7, 11) is 1.54. The summed E-state index contributed by atoms with van der Waals surface area (Å²) in [6.45, 7) is -0.0679. The fourth-order valence-corrected chi connectivity index (χ4v) is 0.397. The van der Waals surface area contributed by atoms with E-state index in [1.54, 1.807) is 13.3 Å². The zero-order chi connectivity index (χ0) is 7.28. The van der Waals surface area contributed by atoms with Crippen LogP contribution in [0.5, 0.6) is 0 Å². The normalized spacial score (nSPS) is 9.56. The molecule has 0 rings (SSSR count). The zero-order valence-electron chi connectivity index (χ0n) is 5.13. The molecule has 0 aliphatic carbocycles. The van der Waals surface area contributed by atoms with Crippen molar-refractivity contribution in [3.63, 3.8) is 0 Å². The van der Waals surface area contributed by atoms with Crippen LogP contribution in [0.4, 0.5) is 0 Å². The van der Waals surface area contributed by atoms with Crippen LogP contribution in [-0.4, -0.2) is 42.4 Å². The molecule has 0 atom stereocenters. The van der Waals surface area contributed by atoms with Gasteiger partial charge < -0.3 is 5.11 Å². The van der Waals surface area contributed by atoms with E-state index < -0.39 is 5.97 Å². The molecule has 0 heterocycles. The van der Waals surface area contributed by atoms with Crippen LogP contribution in [0.2, 0.25) is 0 Å². The molecule has 0 aromatic rings. The molecule has 0 spiro atoms. The van der Waals surface area contributed by atoms with Crippen LogP contribution < -0.4 is 0 Å². The lowest BCUT2D eigenvalue weighted by atomic mass is 10.5. The first-order valence-corrected chi connectivity index (χ1v) is 2.42. The molecular formula is C5H8NO3. The number of hydrogen-bond donors (Lipinski definition) is 1. The molecule has 0 amide bonds. The highest BCUT2D eigenvalue weighted by Crippen LogP contribution is 1.76. The van der Waals surface area contributed by atoms with E-state index >= 15 is 0 Å². The maximum Gasteiger partial charge on any atom is 0.317 e. The largest absolute Gasteiger partial charge is 0.480 e. The Hall–Kier alpha value is -0.900. The minimum atomic E-state index is -0.937. The number of carboxylic acid groups (broad SMARTS) is 1. The number of carboxylic acids is 1. The highest BCUT2D eigenvalue weighted by atomic mass is 16.4. The third kappa shape index (κ3) is 4.96. The molecule has 1 N–H and O–H groups in total. The van der Waals surface area contributed by atoms with Gasteiger partial charge in [0.1, 0.15) is 0 Å². The highest BCUT2D eigenvalue weighted by molar-refractivity contribution is 5.69. The van der Waals surface area contributed by atoms with Gasteiger partial charge in [-0.2, -0.15) is 0 Å². The van der Waals surface area contributed by atoms with Gasteiger partial charge in [-0.25, -0.2) is 0 Å². The second kappa shape index (κ2) is 4.03. The van der Waals surface area contributed by atoms with Crippen molar-refractivity contribution < 1.29 is 14.7 Å². The fourth-order valence-electron chi connectivity index (χ4n) is 0.397. The van der Waals surface area contributed by atoms with Gasteiger partial charge in [0.15, 0.2) is 0 Å². The predicted molar refractivity (Wildman–Crippen MR) is 30.8 cm³/mol. The van der Waals surface area contributed by atoms with Crippen LogP contribution in [0, 0.1) is 0 Å². The van der Waals surface area contributed by atoms with Gasteiger partial charge in [-0.05, 0) is 7.05 Å². The van der Waals surface area contributed by atoms with Crippen molar-refractivity contribution >= 4 is 12.3 Å². The SMILES string of the molecule is CN(C[C]=O)CC(=O)O. The highest BCUT2D eigenvalue weighted by Gasteiger charge is 2.01. The van der Waals surface area contributed by atoms with Crippen LogP contribution in [0.25, 0.3) is 0 Å². The lowest BCUT2D eigenvalue weighted by Gasteiger charge is -2.06. The van der Waals surface area contributed by atoms with E-state index in [0.717, 1.165) is 0 Å². The van der Waals surface area contributed by atoms with Crippen molar-refractivity contribution in [1.82, 2.24) is 4.90 Å². The smallest absolute Gasteiger partial charge is 0.317 e. The third-order valence-corrected chi connectivity index (χ3v) is 0.740. The number of carbonyl (C=O) groups excluding carboxylic acids is 1. The van der Waals surface area contributed by atoms with Crippen LogP contribution in [0.3, 0.4) is 0 Å². The van der Waals surface area contributed by atoms with E-state index in [0.29, 0.717) is 0 Å². The Labute approximate surface area is 53.1 Å². The molecule has 4 nitrogen and oxygen atoms in total. The Bertz CT molecular complexity index is 113. The van der Waals surface area contributed by atoms with Crippen molar-refractivity contribution in [3.05, 3.63) is 0 Å². The van der Waals surface area contributed by atoms with Crippen molar-refractivity contribution in [2.75, 3.05) is 20.1 Å². The Morgan fingerprint density at radius 3 is 2.67 bits per heavy atom. The first-order chi connectivity index (χ1) is 4.16. The minimum absolute atomic E-state index is 0.0479. The summed E-state index contributed by atoms with van der Waals surface area (Å²) in [6.07, 6.45) is 1.59. The van der Waals surface area contributed by atoms with Gasteiger partial charge in [-0.1, -0.05) is 0 Å². The van der Waals surface area contributed by atoms with E-state index in [1.807, 2.05) is 0 Å². The number of aliphatic carboxylic acids is 1. The van der Waals surface area contributed by atoms with Crippen LogP contribution in [0.1, 0.15) is 0 Å². The number of carbonyl (C=O) groups is 1. The Kier molecular flexibility index (Phi) is 3.62. The van der Waals surface area contributed by atoms with Crippen LogP contribution in [-0.2, 0) is 9.59 Å². The molecule has 4 heteroatoms. The molecule has 0 fully saturated rings. The van der Waals surface area contributed by atoms with E-state index in [1.165, 1.54) is 4.90 Å². The third-order valence-electron chi connectivity index (χ3n) is 0.740. The topological polar surface area (TPSA) is 57.6 Å². The summed E-state index contributed by atoms with van der Waals surface area (Å²) < 4.78 is 0. The lowest BCUT2D eigenvalue weighted by molar-refractivity contribution is -0.137. The maximum absolute atomic E-state index is 9.91. The van der Waals surface area contributed by atoms with E-state index in [9.17, 15) is 9.59 Å². The quantitative estimate of drug-likeness (QED) is 0.536. The molecule has 0 saturated heterocycles. The van der Waals surface area contributed by atoms with Gasteiger partial charge in [-0.3, -0.25) is 14.5 Å². The van der Waals surface area contributed by atoms with Crippen LogP contribution >= 0.6 is 0 Å². The predicted octanol–water partition coefficient (Wildman–Crippen LogP) is -0.887. The Morgan fingerprint density at radius 1 is 1.78 bits per heavy atom. The zero-order valence-corrected chi connectivity index (χ0v) is 5.13. The average Bonchev–Trinajstić information content (AvgIpc) is 1.63. The summed E-state index contributed by atoms with van der Waals surface area (Å²) >= 11 is 0. The Balaban J connectivity index is 3.37. The van der Waals surface area contributed by atoms with Gasteiger partial charge in [0.05, 0.1) is 13.1 Å². The van der Waals surface area contributed by atoms with E-state index in [2.05, 4.69) is 0 Å². The summed E-state index contributed by atoms with van der Waals surface area (Å²) in [5.74, 6) is -0.937. The first kappa shape index (κ1) is 8.10. The van der Waals surface area contributed by atoms with Gasteiger partial charge in [-0.15, -0.1) is 0 Å². The van der Waals surface area contributed by atoms with Crippen molar-refractivity contribution in [1.29, 1.82) is 0 Å². The van der Waals surface area contributed by atoms with Gasteiger partial charge in [0.25, 0.3) is 0 Å². The van der Waals surface area contributed by atoms with Crippen molar-refractivity contribution in [3.8, 4) is 0 Å². The standard InChI is InChI=1S/C5H8NO3/c1-6(2-3-7)4-5(8)9/h2,4H2,1H3,(H,8,9). The molecule has 0 unspecified atom stereocenters. The number of likely N-dealkylation sites (N-methyl/N-ethyl adjacent to an activating group) is 1. The summed E-state index contributed by atoms with van der Waals surface area (Å²) in [6, 6.07) is 0. The summed E-state index contributed by atoms with van der Waals surface area (Å²) in [5, 5.41) is 8.14. The lowest BCUT2D eigenvalue weighted by Crippen LogP contribution is -2.27. The number of hydrogen-bond acceptors (Lipinski definition) is 3. The van der Waals surface area contributed by atoms with Gasteiger partial charge in [0.2, 0.25) is 6.29 Å². The molecule has 51 valence electrons. The van der Waals surface area contributed by atoms with Crippen LogP contribution in [0.15, 0.2) is 0 Å². The fraction of sp³-hybridized carbons (Fsp3) is 0.600. The molecule has 0 bridgehead atoms. The maximum atomic E-state index is 9.91. The second-order valence-electron chi connectivity index (χ2n) is 1.71. The average molecular weight is 130 g/mol. The first-order valence-electron chi connectivity index (χ1n) is 2.42. The summed E-state index contributed by atoms with van der Waals surface area (Å²) in [4.78, 5) is 20.9. The van der Waals surface area contributed by atoms with E-state index in [4.69, 9.17) is 5.11 Å². The number of nitrogens with zero attached hydrogens (tertiary/aromatic N) is 1. The van der Waals surface area contributed by atoms with Gasteiger partial charge >= 0.3 is 5.97 Å². The molecule has 0 aliphatic heterocycles. The summed E-state index contributed by atoms with van der Waals surface area (Å²) in [5.41, 5.74) is 0. The minimum Gasteiger partial charge on any atom is -0.480 e. The molecular weight excluding hydrogens is 122 g/mol. The second-order valence-corrected chi connectivity index (χ2v) is 1.71. The molecule has 0 aromatic carbocycles. The number of rotatable bonds is 4. The molecule has 1 radical (unpaired) electrons. The van der Waals surface area contributed by atoms with Crippen molar-refractivity contribution in [2.45, 2.75) is 0 Å². The molecule has 0 aliphatic rings. The molecule has 0 saturated carbocycles. The van der Waals surface area contributed by atoms with Gasteiger partial charge in [0, 0.05) is 0 Å². The van der Waals surface area contributed by atoms with E-state index in [-0.39, 0.29) is 13.1 Å². The molecule has 0 aromatic heterocycles.